The second-order valence-corrected chi connectivity index (χ2v) is 6.04. The first-order chi connectivity index (χ1) is 11.7. The van der Waals surface area contributed by atoms with Crippen LogP contribution in [0.5, 0.6) is 0 Å². The van der Waals surface area contributed by atoms with Crippen molar-refractivity contribution >= 4 is 33.1 Å². The molecule has 4 rings (SSSR count). The number of fused-ring (bicyclic) bond motifs is 3. The zero-order chi connectivity index (χ0) is 16.7. The molecule has 0 fully saturated rings. The van der Waals surface area contributed by atoms with E-state index in [0.717, 1.165) is 23.4 Å². The average molecular weight is 595 g/mol. The Morgan fingerprint density at radius 2 is 1.38 bits per heavy atom. The molecule has 1 heterocycles. The van der Waals surface area contributed by atoms with E-state index in [9.17, 15) is 0 Å². The van der Waals surface area contributed by atoms with E-state index < -0.39 is 0 Å². The van der Waals surface area contributed by atoms with Crippen molar-refractivity contribution in [1.82, 2.24) is 0 Å². The zero-order valence-electron chi connectivity index (χ0n) is 14.7. The number of nitrogen functional groups attached to an aromatic ring is 2. The van der Waals surface area contributed by atoms with Gasteiger partial charge in [0, 0.05) is 28.4 Å². The molecule has 0 saturated carbocycles. The minimum Gasteiger partial charge on any atom is -1.00 e. The Morgan fingerprint density at radius 1 is 0.769 bits per heavy atom. The predicted octanol–water partition coefficient (Wildman–Crippen LogP) is 1.13. The Hall–Kier alpha value is -1.65. The fourth-order valence-electron chi connectivity index (χ4n) is 3.49. The van der Waals surface area contributed by atoms with Crippen molar-refractivity contribution in [2.75, 3.05) is 11.5 Å². The number of pyridine rings is 1. The first-order valence-corrected chi connectivity index (χ1v) is 8.18. The Balaban J connectivity index is 0.00000121. The van der Waals surface area contributed by atoms with Gasteiger partial charge in [0.05, 0.1) is 10.8 Å². The van der Waals surface area contributed by atoms with Crippen LogP contribution in [0.25, 0.3) is 32.9 Å². The van der Waals surface area contributed by atoms with Gasteiger partial charge in [0.25, 0.3) is 0 Å². The fraction of sp³-hybridized carbons (Fsp3) is 0.0952. The minimum atomic E-state index is 0. The van der Waals surface area contributed by atoms with Crippen LogP contribution in [0.4, 0.5) is 11.4 Å². The van der Waals surface area contributed by atoms with E-state index >= 15 is 0 Å². The average Bonchev–Trinajstić information content (AvgIpc) is 2.61. The van der Waals surface area contributed by atoms with Crippen molar-refractivity contribution in [3.63, 3.8) is 0 Å². The molecule has 0 radical (unpaired) electrons. The number of aryl methyl sites for hydroxylation is 1. The van der Waals surface area contributed by atoms with Crippen LogP contribution in [0.3, 0.4) is 0 Å². The first kappa shape index (κ1) is 20.7. The summed E-state index contributed by atoms with van der Waals surface area (Å²) in [5.41, 5.74) is 17.2. The molecule has 4 N–H and O–H groups in total. The van der Waals surface area contributed by atoms with E-state index in [1.54, 1.807) is 0 Å². The maximum Gasteiger partial charge on any atom is 2.00 e. The number of benzene rings is 3. The van der Waals surface area contributed by atoms with Crippen molar-refractivity contribution in [2.24, 2.45) is 0 Å². The molecule has 5 heteroatoms. The monoisotopic (exact) mass is 595 g/mol. The third-order valence-electron chi connectivity index (χ3n) is 4.53. The van der Waals surface area contributed by atoms with Crippen LogP contribution < -0.4 is 33.0 Å². The molecule has 4 aromatic rings. The number of hydrogen-bond acceptors (Lipinski definition) is 2. The third kappa shape index (κ3) is 3.45. The van der Waals surface area contributed by atoms with Gasteiger partial charge in [0.2, 0.25) is 11.2 Å². The van der Waals surface area contributed by atoms with E-state index in [1.165, 1.54) is 27.4 Å². The van der Waals surface area contributed by atoms with Gasteiger partial charge in [0.15, 0.2) is 0 Å². The zero-order valence-corrected chi connectivity index (χ0v) is 21.8. The van der Waals surface area contributed by atoms with Crippen molar-refractivity contribution < 1.29 is 49.2 Å². The molecular weight excluding hydrogens is 575 g/mol. The number of rotatable bonds is 2. The molecule has 3 nitrogen and oxygen atoms in total. The number of hydrogen-bond donors (Lipinski definition) is 2. The number of halogens is 1. The van der Waals surface area contributed by atoms with E-state index in [2.05, 4.69) is 60.0 Å². The second kappa shape index (κ2) is 8.36. The maximum atomic E-state index is 6.10. The van der Waals surface area contributed by atoms with E-state index in [4.69, 9.17) is 11.5 Å². The summed E-state index contributed by atoms with van der Waals surface area (Å²) in [6, 6.07) is 22.7. The molecule has 3 aromatic carbocycles. The Bertz CT molecular complexity index is 1070. The van der Waals surface area contributed by atoms with Crippen molar-refractivity contribution in [3.05, 3.63) is 66.7 Å². The molecule has 0 aliphatic carbocycles. The van der Waals surface area contributed by atoms with Crippen molar-refractivity contribution in [1.29, 1.82) is 0 Å². The number of anilines is 2. The smallest absolute Gasteiger partial charge is 1.00 e. The fourth-order valence-corrected chi connectivity index (χ4v) is 3.49. The van der Waals surface area contributed by atoms with Crippen LogP contribution in [-0.2, 0) is 34.2 Å². The first-order valence-electron chi connectivity index (χ1n) is 8.18. The SMILES string of the molecule is CC[n+]1c(-c2ccccc2)c2cc(N)ccc2c2ccc(N)cc21.[Br-].[Hg+2]. The summed E-state index contributed by atoms with van der Waals surface area (Å²) in [6.07, 6.45) is 0. The summed E-state index contributed by atoms with van der Waals surface area (Å²) in [7, 11) is 0. The van der Waals surface area contributed by atoms with Gasteiger partial charge in [-0.25, -0.2) is 0 Å². The Kier molecular flexibility index (Phi) is 6.64. The molecule has 0 unspecified atom stereocenters. The van der Waals surface area contributed by atoms with Crippen LogP contribution in [0.2, 0.25) is 0 Å². The summed E-state index contributed by atoms with van der Waals surface area (Å²) < 4.78 is 2.32. The normalized spacial score (nSPS) is 10.3. The molecule has 0 atom stereocenters. The standard InChI is InChI=1S/C21H19N3.BrH.Hg/c1-2-24-20-13-16(23)9-11-18(20)17-10-8-15(22)12-19(17)21(24)14-6-4-3-5-7-14;;/h3-13,23H,2,22H2,1H3;1H;/q;;+2. The van der Waals surface area contributed by atoms with Crippen LogP contribution in [0.1, 0.15) is 6.92 Å². The van der Waals surface area contributed by atoms with Gasteiger partial charge >= 0.3 is 27.7 Å². The van der Waals surface area contributed by atoms with Gasteiger partial charge in [-0.15, -0.1) is 0 Å². The van der Waals surface area contributed by atoms with Crippen molar-refractivity contribution in [2.45, 2.75) is 13.5 Å². The molecular formula is C21H20BrHgN3+2. The molecule has 1 aromatic heterocycles. The van der Waals surface area contributed by atoms with E-state index in [0.29, 0.717) is 0 Å². The van der Waals surface area contributed by atoms with Gasteiger partial charge < -0.3 is 28.4 Å². The van der Waals surface area contributed by atoms with E-state index in [1.807, 2.05) is 18.2 Å². The van der Waals surface area contributed by atoms with Crippen LogP contribution in [-0.4, -0.2) is 0 Å². The van der Waals surface area contributed by atoms with Gasteiger partial charge in [-0.1, -0.05) is 24.3 Å². The largest absolute Gasteiger partial charge is 2.00 e. The minimum absolute atomic E-state index is 0. The molecule has 0 bridgehead atoms. The third-order valence-corrected chi connectivity index (χ3v) is 4.53. The molecule has 0 saturated heterocycles. The molecule has 0 spiro atoms. The maximum absolute atomic E-state index is 6.10. The molecule has 0 amide bonds. The predicted molar refractivity (Wildman–Crippen MR) is 102 cm³/mol. The Labute approximate surface area is 184 Å². The topological polar surface area (TPSA) is 55.9 Å². The van der Waals surface area contributed by atoms with Gasteiger partial charge in [-0.3, -0.25) is 0 Å². The molecule has 0 aliphatic rings. The van der Waals surface area contributed by atoms with Gasteiger partial charge in [-0.2, -0.15) is 4.57 Å². The summed E-state index contributed by atoms with van der Waals surface area (Å²) in [6.45, 7) is 3.02. The summed E-state index contributed by atoms with van der Waals surface area (Å²) in [4.78, 5) is 0. The van der Waals surface area contributed by atoms with Crippen LogP contribution in [0, 0.1) is 0 Å². The molecule has 0 aliphatic heterocycles. The van der Waals surface area contributed by atoms with Crippen molar-refractivity contribution in [3.8, 4) is 11.3 Å². The number of nitrogens with zero attached hydrogens (tertiary/aromatic N) is 1. The van der Waals surface area contributed by atoms with Crippen LogP contribution in [0.15, 0.2) is 66.7 Å². The Morgan fingerprint density at radius 3 is 2.04 bits per heavy atom. The number of aromatic nitrogens is 1. The van der Waals surface area contributed by atoms with Crippen LogP contribution >= 0.6 is 0 Å². The molecule has 26 heavy (non-hydrogen) atoms. The van der Waals surface area contributed by atoms with E-state index in [-0.39, 0.29) is 44.7 Å². The molecule has 126 valence electrons. The number of nitrogens with two attached hydrogens (primary N) is 2. The summed E-state index contributed by atoms with van der Waals surface area (Å²) >= 11 is 0. The summed E-state index contributed by atoms with van der Waals surface area (Å²) in [5, 5.41) is 3.56. The van der Waals surface area contributed by atoms with Gasteiger partial charge in [0.1, 0.15) is 6.54 Å². The second-order valence-electron chi connectivity index (χ2n) is 6.04. The quantitative estimate of drug-likeness (QED) is 0.158. The summed E-state index contributed by atoms with van der Waals surface area (Å²) in [5.74, 6) is 0. The van der Waals surface area contributed by atoms with Gasteiger partial charge in [-0.05, 0) is 43.3 Å².